The lowest BCUT2D eigenvalue weighted by atomic mass is 10.1. The van der Waals surface area contributed by atoms with E-state index in [0.717, 1.165) is 9.80 Å². The quantitative estimate of drug-likeness (QED) is 0.490. The molecule has 1 unspecified atom stereocenters. The van der Waals surface area contributed by atoms with Gasteiger partial charge in [-0.3, -0.25) is 24.2 Å². The van der Waals surface area contributed by atoms with Gasteiger partial charge in [0.1, 0.15) is 11.3 Å². The normalized spacial score (nSPS) is 15.8. The molecule has 0 saturated carbocycles. The molecule has 10 heteroatoms. The zero-order valence-corrected chi connectivity index (χ0v) is 18.7. The maximum absolute atomic E-state index is 12.9. The van der Waals surface area contributed by atoms with Gasteiger partial charge in [-0.15, -0.1) is 0 Å². The highest BCUT2D eigenvalue weighted by Gasteiger charge is 2.36. The fourth-order valence-corrected chi connectivity index (χ4v) is 3.86. The van der Waals surface area contributed by atoms with Gasteiger partial charge in [0.25, 0.3) is 17.7 Å². The zero-order valence-electron chi connectivity index (χ0n) is 18.7. The average Bonchev–Trinajstić information content (AvgIpc) is 3.36. The summed E-state index contributed by atoms with van der Waals surface area (Å²) in [5, 5.41) is 2.52. The number of carbonyl (C=O) groups excluding carboxylic acids is 5. The lowest BCUT2D eigenvalue weighted by Gasteiger charge is -2.19. The van der Waals surface area contributed by atoms with E-state index in [9.17, 15) is 24.0 Å². The first-order chi connectivity index (χ1) is 16.3. The minimum absolute atomic E-state index is 0.0430. The minimum atomic E-state index is -1.20. The van der Waals surface area contributed by atoms with E-state index in [4.69, 9.17) is 9.47 Å². The Hall–Kier alpha value is -4.21. The number of imide groups is 2. The molecule has 2 heterocycles. The van der Waals surface area contributed by atoms with Gasteiger partial charge in [-0.05, 0) is 43.7 Å². The third-order valence-corrected chi connectivity index (χ3v) is 5.54. The topological polar surface area (TPSA) is 122 Å². The molecule has 1 N–H and O–H groups in total. The smallest absolute Gasteiger partial charge is 0.342 e. The van der Waals surface area contributed by atoms with Gasteiger partial charge in [0.05, 0.1) is 24.3 Å². The summed E-state index contributed by atoms with van der Waals surface area (Å²) in [6, 6.07) is 10.7. The van der Waals surface area contributed by atoms with Crippen molar-refractivity contribution in [3.63, 3.8) is 0 Å². The molecule has 2 aromatic rings. The van der Waals surface area contributed by atoms with Crippen LogP contribution in [0.4, 0.5) is 4.79 Å². The first kappa shape index (κ1) is 23.0. The first-order valence-electron chi connectivity index (χ1n) is 10.8. The van der Waals surface area contributed by atoms with E-state index >= 15 is 0 Å². The fourth-order valence-electron chi connectivity index (χ4n) is 3.86. The summed E-state index contributed by atoms with van der Waals surface area (Å²) in [5.74, 6) is -2.06. The van der Waals surface area contributed by atoms with Crippen LogP contribution in [0.15, 0.2) is 42.5 Å². The summed E-state index contributed by atoms with van der Waals surface area (Å²) in [5.41, 5.74) is 1.21. The molecule has 10 nitrogen and oxygen atoms in total. The average molecular weight is 465 g/mol. The maximum atomic E-state index is 12.9. The van der Waals surface area contributed by atoms with Crippen molar-refractivity contribution < 1.29 is 33.4 Å². The van der Waals surface area contributed by atoms with Crippen molar-refractivity contribution in [3.05, 3.63) is 64.7 Å². The van der Waals surface area contributed by atoms with E-state index < -0.39 is 35.8 Å². The van der Waals surface area contributed by atoms with Crippen molar-refractivity contribution >= 4 is 29.7 Å². The Bertz CT molecular complexity index is 1160. The van der Waals surface area contributed by atoms with Crippen molar-refractivity contribution in [2.24, 2.45) is 0 Å². The zero-order chi connectivity index (χ0) is 24.4. The van der Waals surface area contributed by atoms with E-state index in [1.54, 1.807) is 43.3 Å². The van der Waals surface area contributed by atoms with E-state index in [0.29, 0.717) is 23.2 Å². The Morgan fingerprint density at radius 2 is 1.74 bits per heavy atom. The SMILES string of the molecule is CCOc1ccc(CN2C(=O)c3ccccc3C2=O)cc1C(=O)OC(C)C(=O)N1CCNC1=O. The van der Waals surface area contributed by atoms with Gasteiger partial charge >= 0.3 is 12.0 Å². The third-order valence-electron chi connectivity index (χ3n) is 5.54. The Balaban J connectivity index is 1.54. The van der Waals surface area contributed by atoms with Gasteiger partial charge in [-0.25, -0.2) is 9.59 Å². The maximum Gasteiger partial charge on any atom is 0.342 e. The molecule has 2 aromatic carbocycles. The van der Waals surface area contributed by atoms with Crippen LogP contribution in [0.2, 0.25) is 0 Å². The lowest BCUT2D eigenvalue weighted by molar-refractivity contribution is -0.136. The van der Waals surface area contributed by atoms with E-state index in [-0.39, 0.29) is 31.0 Å². The van der Waals surface area contributed by atoms with Crippen LogP contribution < -0.4 is 10.1 Å². The molecule has 0 spiro atoms. The van der Waals surface area contributed by atoms with Crippen LogP contribution in [0, 0.1) is 0 Å². The van der Waals surface area contributed by atoms with E-state index in [2.05, 4.69) is 5.32 Å². The standard InChI is InChI=1S/C24H23N3O7/c1-3-33-19-9-8-15(13-27-21(29)16-6-4-5-7-17(16)22(27)30)12-18(19)23(31)34-14(2)20(28)26-11-10-25-24(26)32/h4-9,12,14H,3,10-11,13H2,1-2H3,(H,25,32). The molecular formula is C24H23N3O7. The molecule has 2 aliphatic heterocycles. The van der Waals surface area contributed by atoms with Gasteiger partial charge < -0.3 is 14.8 Å². The number of nitrogens with zero attached hydrogens (tertiary/aromatic N) is 2. The van der Waals surface area contributed by atoms with Crippen LogP contribution >= 0.6 is 0 Å². The fraction of sp³-hybridized carbons (Fsp3) is 0.292. The van der Waals surface area contributed by atoms with Gasteiger partial charge in [-0.1, -0.05) is 18.2 Å². The lowest BCUT2D eigenvalue weighted by Crippen LogP contribution is -2.41. The number of ether oxygens (including phenoxy) is 2. The van der Waals surface area contributed by atoms with E-state index in [1.807, 2.05) is 0 Å². The number of fused-ring (bicyclic) bond motifs is 1. The summed E-state index contributed by atoms with van der Waals surface area (Å²) in [6.07, 6.45) is -1.20. The Morgan fingerprint density at radius 3 is 2.32 bits per heavy atom. The molecule has 0 radical (unpaired) electrons. The summed E-state index contributed by atoms with van der Waals surface area (Å²) in [7, 11) is 0. The molecule has 2 aliphatic rings. The number of amides is 5. The molecular weight excluding hydrogens is 442 g/mol. The van der Waals surface area contributed by atoms with Gasteiger partial charge in [-0.2, -0.15) is 0 Å². The van der Waals surface area contributed by atoms with Crippen LogP contribution in [-0.4, -0.2) is 65.3 Å². The second-order valence-corrected chi connectivity index (χ2v) is 7.77. The summed E-state index contributed by atoms with van der Waals surface area (Å²) < 4.78 is 10.9. The minimum Gasteiger partial charge on any atom is -0.493 e. The van der Waals surface area contributed by atoms with E-state index in [1.165, 1.54) is 13.0 Å². The molecule has 1 saturated heterocycles. The van der Waals surface area contributed by atoms with Crippen molar-refractivity contribution in [1.82, 2.24) is 15.1 Å². The molecule has 1 fully saturated rings. The Morgan fingerprint density at radius 1 is 1.06 bits per heavy atom. The number of esters is 1. The molecule has 0 aromatic heterocycles. The summed E-state index contributed by atoms with van der Waals surface area (Å²) in [4.78, 5) is 64.6. The van der Waals surface area contributed by atoms with Crippen LogP contribution in [0.1, 0.15) is 50.5 Å². The van der Waals surface area contributed by atoms with Crippen LogP contribution in [0.3, 0.4) is 0 Å². The van der Waals surface area contributed by atoms with Crippen molar-refractivity contribution in [1.29, 1.82) is 0 Å². The Kier molecular flexibility index (Phi) is 6.31. The molecule has 0 bridgehead atoms. The van der Waals surface area contributed by atoms with Gasteiger partial charge in [0, 0.05) is 13.1 Å². The Labute approximate surface area is 195 Å². The van der Waals surface area contributed by atoms with Crippen molar-refractivity contribution in [2.45, 2.75) is 26.5 Å². The number of carbonyl (C=O) groups is 5. The highest BCUT2D eigenvalue weighted by molar-refractivity contribution is 6.21. The van der Waals surface area contributed by atoms with Crippen molar-refractivity contribution in [3.8, 4) is 5.75 Å². The number of urea groups is 1. The summed E-state index contributed by atoms with van der Waals surface area (Å²) >= 11 is 0. The molecule has 5 amide bonds. The van der Waals surface area contributed by atoms with Gasteiger partial charge in [0.15, 0.2) is 6.10 Å². The van der Waals surface area contributed by atoms with Crippen LogP contribution in [-0.2, 0) is 16.1 Å². The molecule has 4 rings (SSSR count). The molecule has 34 heavy (non-hydrogen) atoms. The van der Waals surface area contributed by atoms with Crippen LogP contribution in [0.25, 0.3) is 0 Å². The number of rotatable bonds is 7. The molecule has 0 aliphatic carbocycles. The number of hydrogen-bond donors (Lipinski definition) is 1. The molecule has 176 valence electrons. The number of hydrogen-bond acceptors (Lipinski definition) is 7. The van der Waals surface area contributed by atoms with Crippen LogP contribution in [0.5, 0.6) is 5.75 Å². The predicted octanol–water partition coefficient (Wildman–Crippen LogP) is 1.98. The van der Waals surface area contributed by atoms with Gasteiger partial charge in [0.2, 0.25) is 0 Å². The highest BCUT2D eigenvalue weighted by atomic mass is 16.6. The third kappa shape index (κ3) is 4.21. The largest absolute Gasteiger partial charge is 0.493 e. The first-order valence-corrected chi connectivity index (χ1v) is 10.8. The predicted molar refractivity (Wildman–Crippen MR) is 118 cm³/mol. The number of benzene rings is 2. The second kappa shape index (κ2) is 9.34. The second-order valence-electron chi connectivity index (χ2n) is 7.77. The highest BCUT2D eigenvalue weighted by Crippen LogP contribution is 2.27. The van der Waals surface area contributed by atoms with Crippen molar-refractivity contribution in [2.75, 3.05) is 19.7 Å². The number of nitrogens with one attached hydrogen (secondary N) is 1. The summed E-state index contributed by atoms with van der Waals surface area (Å²) in [6.45, 7) is 3.88. The molecule has 1 atom stereocenters. The monoisotopic (exact) mass is 465 g/mol.